The lowest BCUT2D eigenvalue weighted by Crippen LogP contribution is -2.01. The molecule has 0 saturated carbocycles. The predicted octanol–water partition coefficient (Wildman–Crippen LogP) is 1.19. The Labute approximate surface area is 68.6 Å². The Morgan fingerprint density at radius 1 is 1.58 bits per heavy atom. The van der Waals surface area contributed by atoms with E-state index in [-0.39, 0.29) is 5.56 Å². The molecule has 4 nitrogen and oxygen atoms in total. The molecule has 0 aliphatic carbocycles. The molecule has 0 aromatic heterocycles. The van der Waals surface area contributed by atoms with Gasteiger partial charge in [0.15, 0.2) is 0 Å². The van der Waals surface area contributed by atoms with Gasteiger partial charge in [-0.05, 0) is 18.2 Å². The summed E-state index contributed by atoms with van der Waals surface area (Å²) in [6.45, 7) is 0. The van der Waals surface area contributed by atoms with Gasteiger partial charge in [0.05, 0.1) is 17.2 Å². The monoisotopic (exact) mass is 163 g/mol. The van der Waals surface area contributed by atoms with Gasteiger partial charge in [-0.1, -0.05) is 6.07 Å². The van der Waals surface area contributed by atoms with E-state index in [0.29, 0.717) is 5.56 Å². The van der Waals surface area contributed by atoms with Gasteiger partial charge in [0.1, 0.15) is 0 Å². The predicted molar refractivity (Wildman–Crippen MR) is 39.2 cm³/mol. The Kier molecular flexibility index (Phi) is 2.41. The Balaban J connectivity index is 3.04. The van der Waals surface area contributed by atoms with E-state index in [1.54, 1.807) is 6.07 Å². The molecular weight excluding hydrogens is 158 g/mol. The zero-order valence-electron chi connectivity index (χ0n) is 6.02. The summed E-state index contributed by atoms with van der Waals surface area (Å²) < 4.78 is 0. The van der Waals surface area contributed by atoms with Gasteiger partial charge >= 0.3 is 5.97 Å². The molecule has 0 radical (unpaired) electrons. The molecule has 0 amide bonds. The van der Waals surface area contributed by atoms with Crippen LogP contribution in [0.2, 0.25) is 0 Å². The Morgan fingerprint density at radius 3 is 2.92 bits per heavy atom. The van der Waals surface area contributed by atoms with Gasteiger partial charge in [-0.15, -0.1) is 0 Å². The molecule has 12 heavy (non-hydrogen) atoms. The molecular formula is C8H5NO3. The molecule has 1 aromatic carbocycles. The minimum atomic E-state index is -0.868. The maximum atomic E-state index is 10.7. The molecule has 0 aliphatic rings. The summed E-state index contributed by atoms with van der Waals surface area (Å²) >= 11 is 0. The summed E-state index contributed by atoms with van der Waals surface area (Å²) in [6.07, 6.45) is 0. The van der Waals surface area contributed by atoms with Gasteiger partial charge in [-0.25, -0.2) is 4.79 Å². The third-order valence-corrected chi connectivity index (χ3v) is 1.31. The van der Waals surface area contributed by atoms with Crippen LogP contribution in [-0.4, -0.2) is 11.2 Å². The summed E-state index contributed by atoms with van der Waals surface area (Å²) in [5, 5.41) is 16.5. The van der Waals surface area contributed by atoms with E-state index in [9.17, 15) is 4.79 Å². The Bertz CT molecular complexity index is 340. The first-order chi connectivity index (χ1) is 5.77. The normalized spacial score (nSPS) is 8.67. The van der Waals surface area contributed by atoms with E-state index in [1.807, 2.05) is 6.07 Å². The molecule has 1 rings (SSSR count). The zero-order valence-corrected chi connectivity index (χ0v) is 6.02. The smallest absolute Gasteiger partial charge is 0.296 e. The highest BCUT2D eigenvalue weighted by Crippen LogP contribution is 2.04. The molecule has 0 atom stereocenters. The molecule has 0 bridgehead atoms. The molecule has 60 valence electrons. The van der Waals surface area contributed by atoms with E-state index >= 15 is 0 Å². The standard InChI is InChI=1S/C8H5NO3/c9-5-6-2-1-3-7(4-6)8(10)12-11/h1-4,11H. The number of carbonyl (C=O) groups excluding carboxylic acids is 1. The van der Waals surface area contributed by atoms with Crippen LogP contribution in [0.25, 0.3) is 0 Å². The second kappa shape index (κ2) is 3.51. The summed E-state index contributed by atoms with van der Waals surface area (Å²) in [6, 6.07) is 7.71. The molecule has 1 aromatic rings. The summed E-state index contributed by atoms with van der Waals surface area (Å²) in [5.74, 6) is -0.868. The highest BCUT2D eigenvalue weighted by atomic mass is 17.1. The van der Waals surface area contributed by atoms with Crippen molar-refractivity contribution >= 4 is 5.97 Å². The van der Waals surface area contributed by atoms with Crippen molar-refractivity contribution in [3.8, 4) is 6.07 Å². The molecule has 0 aliphatic heterocycles. The largest absolute Gasteiger partial charge is 0.372 e. The Morgan fingerprint density at radius 2 is 2.33 bits per heavy atom. The number of nitrogens with zero attached hydrogens (tertiary/aromatic N) is 1. The highest BCUT2D eigenvalue weighted by molar-refractivity contribution is 5.89. The third-order valence-electron chi connectivity index (χ3n) is 1.31. The zero-order chi connectivity index (χ0) is 8.97. The van der Waals surface area contributed by atoms with Crippen LogP contribution in [0.5, 0.6) is 0 Å². The first kappa shape index (κ1) is 8.24. The van der Waals surface area contributed by atoms with Crippen molar-refractivity contribution in [1.82, 2.24) is 0 Å². The molecule has 0 saturated heterocycles. The third kappa shape index (κ3) is 1.59. The summed E-state index contributed by atoms with van der Waals surface area (Å²) in [4.78, 5) is 14.2. The van der Waals surface area contributed by atoms with Crippen molar-refractivity contribution in [2.45, 2.75) is 0 Å². The number of hydrogen-bond donors (Lipinski definition) is 1. The second-order valence-corrected chi connectivity index (χ2v) is 2.07. The van der Waals surface area contributed by atoms with Gasteiger partial charge in [0.25, 0.3) is 0 Å². The molecule has 0 unspecified atom stereocenters. The minimum absolute atomic E-state index is 0.150. The fourth-order valence-electron chi connectivity index (χ4n) is 0.768. The van der Waals surface area contributed by atoms with Crippen LogP contribution in [0.15, 0.2) is 24.3 Å². The van der Waals surface area contributed by atoms with Crippen LogP contribution >= 0.6 is 0 Å². The van der Waals surface area contributed by atoms with E-state index in [0.717, 1.165) is 0 Å². The van der Waals surface area contributed by atoms with Crippen molar-refractivity contribution in [1.29, 1.82) is 5.26 Å². The molecule has 0 heterocycles. The van der Waals surface area contributed by atoms with Gasteiger partial charge in [-0.2, -0.15) is 10.5 Å². The summed E-state index contributed by atoms with van der Waals surface area (Å²) in [5.41, 5.74) is 0.495. The second-order valence-electron chi connectivity index (χ2n) is 2.07. The average molecular weight is 163 g/mol. The van der Waals surface area contributed by atoms with Crippen LogP contribution < -0.4 is 0 Å². The van der Waals surface area contributed by atoms with E-state index in [1.165, 1.54) is 18.2 Å². The lowest BCUT2D eigenvalue weighted by atomic mass is 10.1. The lowest BCUT2D eigenvalue weighted by Gasteiger charge is -1.95. The molecule has 0 fully saturated rings. The van der Waals surface area contributed by atoms with Crippen LogP contribution in [0.3, 0.4) is 0 Å². The minimum Gasteiger partial charge on any atom is -0.296 e. The van der Waals surface area contributed by atoms with Crippen LogP contribution in [0, 0.1) is 11.3 Å². The van der Waals surface area contributed by atoms with Gasteiger partial charge in [0, 0.05) is 0 Å². The highest BCUT2D eigenvalue weighted by Gasteiger charge is 2.06. The average Bonchev–Trinajstić information content (AvgIpc) is 2.17. The van der Waals surface area contributed by atoms with Crippen LogP contribution in [0.4, 0.5) is 0 Å². The first-order valence-corrected chi connectivity index (χ1v) is 3.14. The molecule has 1 N–H and O–H groups in total. The van der Waals surface area contributed by atoms with E-state index in [4.69, 9.17) is 10.5 Å². The van der Waals surface area contributed by atoms with Crippen molar-refractivity contribution in [2.24, 2.45) is 0 Å². The fraction of sp³-hybridized carbons (Fsp3) is 0. The van der Waals surface area contributed by atoms with Crippen molar-refractivity contribution in [2.75, 3.05) is 0 Å². The number of hydrogen-bond acceptors (Lipinski definition) is 4. The van der Waals surface area contributed by atoms with E-state index in [2.05, 4.69) is 4.89 Å². The van der Waals surface area contributed by atoms with E-state index < -0.39 is 5.97 Å². The number of carbonyl (C=O) groups is 1. The van der Waals surface area contributed by atoms with Gasteiger partial charge in [0.2, 0.25) is 0 Å². The first-order valence-electron chi connectivity index (χ1n) is 3.14. The lowest BCUT2D eigenvalue weighted by molar-refractivity contribution is -0.182. The van der Waals surface area contributed by atoms with Crippen molar-refractivity contribution in [3.63, 3.8) is 0 Å². The fourth-order valence-corrected chi connectivity index (χ4v) is 0.768. The molecule has 4 heteroatoms. The van der Waals surface area contributed by atoms with Gasteiger partial charge < -0.3 is 0 Å². The summed E-state index contributed by atoms with van der Waals surface area (Å²) in [7, 11) is 0. The topological polar surface area (TPSA) is 70.3 Å². The number of benzene rings is 1. The maximum absolute atomic E-state index is 10.7. The van der Waals surface area contributed by atoms with Crippen LogP contribution in [0.1, 0.15) is 15.9 Å². The SMILES string of the molecule is N#Cc1cccc(C(=O)OO)c1. The Hall–Kier alpha value is -1.86. The van der Waals surface area contributed by atoms with Crippen molar-refractivity contribution in [3.05, 3.63) is 35.4 Å². The van der Waals surface area contributed by atoms with Crippen molar-refractivity contribution < 1.29 is 14.9 Å². The van der Waals surface area contributed by atoms with Gasteiger partial charge in [-0.3, -0.25) is 4.89 Å². The number of rotatable bonds is 1. The quantitative estimate of drug-likeness (QED) is 0.498. The maximum Gasteiger partial charge on any atom is 0.372 e. The molecule has 0 spiro atoms. The van der Waals surface area contributed by atoms with Crippen LogP contribution in [-0.2, 0) is 4.89 Å². The number of nitriles is 1.